The summed E-state index contributed by atoms with van der Waals surface area (Å²) in [7, 11) is 1.45. The molecule has 0 aromatic carbocycles. The molecule has 2 N–H and O–H groups in total. The largest absolute Gasteiger partial charge is 0.402 e. The summed E-state index contributed by atoms with van der Waals surface area (Å²) in [4.78, 5) is 0. The van der Waals surface area contributed by atoms with E-state index in [0.29, 0.717) is 16.6 Å². The molecule has 0 aliphatic heterocycles. The monoisotopic (exact) mass is 381 g/mol. The average Bonchev–Trinajstić information content (AvgIpc) is 2.52. The van der Waals surface area contributed by atoms with Gasteiger partial charge in [0.25, 0.3) is 0 Å². The lowest BCUT2D eigenvalue weighted by Gasteiger charge is -2.28. The predicted octanol–water partition coefficient (Wildman–Crippen LogP) is 3.36. The molecule has 0 radical (unpaired) electrons. The Balaban J connectivity index is 3.09. The van der Waals surface area contributed by atoms with Crippen LogP contribution in [0.4, 0.5) is 26.3 Å². The maximum absolute atomic E-state index is 12.6. The zero-order valence-corrected chi connectivity index (χ0v) is 12.8. The molecule has 3 nitrogen and oxygen atoms in total. The van der Waals surface area contributed by atoms with Crippen LogP contribution in [0.15, 0.2) is 4.47 Å². The van der Waals surface area contributed by atoms with Gasteiger partial charge in [0.05, 0.1) is 15.9 Å². The SMILES string of the molecule is CCc1nn(C)c(CC(N)C(C(F)(F)F)C(F)(F)F)c1Br. The van der Waals surface area contributed by atoms with Crippen LogP contribution in [0, 0.1) is 5.92 Å². The van der Waals surface area contributed by atoms with Crippen LogP contribution in [0.3, 0.4) is 0 Å². The molecule has 21 heavy (non-hydrogen) atoms. The molecular weight excluding hydrogens is 368 g/mol. The Labute approximate surface area is 125 Å². The first-order valence-corrected chi connectivity index (χ1v) is 6.78. The fourth-order valence-electron chi connectivity index (χ4n) is 2.05. The van der Waals surface area contributed by atoms with Crippen molar-refractivity contribution < 1.29 is 26.3 Å². The summed E-state index contributed by atoms with van der Waals surface area (Å²) in [6, 6.07) is -2.14. The van der Waals surface area contributed by atoms with Crippen LogP contribution >= 0.6 is 15.9 Å². The number of rotatable bonds is 4. The highest BCUT2D eigenvalue weighted by molar-refractivity contribution is 9.10. The van der Waals surface area contributed by atoms with Crippen LogP contribution in [0.25, 0.3) is 0 Å². The van der Waals surface area contributed by atoms with Gasteiger partial charge in [0, 0.05) is 19.5 Å². The Hall–Kier alpha value is -0.770. The van der Waals surface area contributed by atoms with E-state index in [2.05, 4.69) is 21.0 Å². The lowest BCUT2D eigenvalue weighted by atomic mass is 9.95. The molecule has 0 bridgehead atoms. The summed E-state index contributed by atoms with van der Waals surface area (Å²) in [5.74, 6) is -3.57. The van der Waals surface area contributed by atoms with Gasteiger partial charge in [0.15, 0.2) is 5.92 Å². The molecule has 122 valence electrons. The van der Waals surface area contributed by atoms with Gasteiger partial charge in [-0.05, 0) is 22.4 Å². The Kier molecular flexibility index (Phi) is 5.36. The zero-order chi connectivity index (χ0) is 16.6. The van der Waals surface area contributed by atoms with Crippen LogP contribution in [0.5, 0.6) is 0 Å². The molecule has 1 unspecified atom stereocenters. The Morgan fingerprint density at radius 1 is 1.19 bits per heavy atom. The van der Waals surface area contributed by atoms with E-state index in [1.807, 2.05) is 0 Å². The smallest absolute Gasteiger partial charge is 0.326 e. The Morgan fingerprint density at radius 2 is 1.67 bits per heavy atom. The van der Waals surface area contributed by atoms with Gasteiger partial charge in [0.1, 0.15) is 0 Å². The topological polar surface area (TPSA) is 43.8 Å². The summed E-state index contributed by atoms with van der Waals surface area (Å²) in [6.07, 6.45) is -11.0. The lowest BCUT2D eigenvalue weighted by Crippen LogP contribution is -2.50. The molecule has 0 saturated heterocycles. The third kappa shape index (κ3) is 4.12. The van der Waals surface area contributed by atoms with Crippen molar-refractivity contribution in [3.05, 3.63) is 15.9 Å². The number of hydrogen-bond donors (Lipinski definition) is 1. The summed E-state index contributed by atoms with van der Waals surface area (Å²) < 4.78 is 77.3. The molecule has 1 aromatic rings. The second-order valence-electron chi connectivity index (χ2n) is 4.61. The fraction of sp³-hybridized carbons (Fsp3) is 0.727. The maximum Gasteiger partial charge on any atom is 0.402 e. The molecule has 0 saturated carbocycles. The molecule has 1 rings (SSSR count). The zero-order valence-electron chi connectivity index (χ0n) is 11.2. The van der Waals surface area contributed by atoms with Gasteiger partial charge in [0.2, 0.25) is 0 Å². The first-order chi connectivity index (χ1) is 9.39. The third-order valence-corrected chi connectivity index (χ3v) is 3.98. The van der Waals surface area contributed by atoms with Crippen molar-refractivity contribution in [1.29, 1.82) is 0 Å². The van der Waals surface area contributed by atoms with Crippen LogP contribution in [0.2, 0.25) is 0 Å². The second-order valence-corrected chi connectivity index (χ2v) is 5.41. The van der Waals surface area contributed by atoms with Crippen LogP contribution in [0.1, 0.15) is 18.3 Å². The van der Waals surface area contributed by atoms with Crippen molar-refractivity contribution in [1.82, 2.24) is 9.78 Å². The van der Waals surface area contributed by atoms with Crippen LogP contribution < -0.4 is 5.73 Å². The normalized spacial score (nSPS) is 14.8. The minimum atomic E-state index is -5.45. The van der Waals surface area contributed by atoms with Gasteiger partial charge in [-0.25, -0.2) is 0 Å². The first-order valence-electron chi connectivity index (χ1n) is 5.98. The average molecular weight is 382 g/mol. The van der Waals surface area contributed by atoms with E-state index in [0.717, 1.165) is 0 Å². The minimum Gasteiger partial charge on any atom is -0.326 e. The van der Waals surface area contributed by atoms with E-state index in [4.69, 9.17) is 5.73 Å². The van der Waals surface area contributed by atoms with Crippen LogP contribution in [-0.2, 0) is 19.9 Å². The molecule has 1 atom stereocenters. The molecule has 1 aromatic heterocycles. The maximum atomic E-state index is 12.6. The number of nitrogens with zero attached hydrogens (tertiary/aromatic N) is 2. The van der Waals surface area contributed by atoms with E-state index in [1.165, 1.54) is 11.7 Å². The first kappa shape index (κ1) is 18.3. The van der Waals surface area contributed by atoms with E-state index < -0.39 is 30.7 Å². The molecule has 0 fully saturated rings. The molecule has 0 aliphatic carbocycles. The van der Waals surface area contributed by atoms with Gasteiger partial charge in [-0.1, -0.05) is 6.92 Å². The van der Waals surface area contributed by atoms with Crippen LogP contribution in [-0.4, -0.2) is 28.2 Å². The van der Waals surface area contributed by atoms with E-state index in [-0.39, 0.29) is 5.69 Å². The molecule has 0 aliphatic rings. The quantitative estimate of drug-likeness (QED) is 0.812. The van der Waals surface area contributed by atoms with Gasteiger partial charge >= 0.3 is 12.4 Å². The van der Waals surface area contributed by atoms with Crippen molar-refractivity contribution in [3.8, 4) is 0 Å². The molecule has 0 spiro atoms. The Morgan fingerprint density at radius 3 is 2.00 bits per heavy atom. The molecule has 1 heterocycles. The molecule has 10 heteroatoms. The van der Waals surface area contributed by atoms with Gasteiger partial charge < -0.3 is 5.73 Å². The fourth-order valence-corrected chi connectivity index (χ4v) is 2.83. The van der Waals surface area contributed by atoms with Crippen molar-refractivity contribution in [2.45, 2.75) is 38.2 Å². The van der Waals surface area contributed by atoms with Gasteiger partial charge in [-0.3, -0.25) is 4.68 Å². The van der Waals surface area contributed by atoms with Crippen molar-refractivity contribution in [2.75, 3.05) is 0 Å². The number of nitrogens with two attached hydrogens (primary N) is 1. The predicted molar refractivity (Wildman–Crippen MR) is 67.6 cm³/mol. The number of hydrogen-bond acceptors (Lipinski definition) is 2. The summed E-state index contributed by atoms with van der Waals surface area (Å²) in [5, 5.41) is 4.02. The standard InChI is InChI=1S/C11H14BrF6N3/c1-3-6-8(12)7(21(2)20-6)4-5(19)9(10(13,14)15)11(16,17)18/h5,9H,3-4,19H2,1-2H3. The van der Waals surface area contributed by atoms with Gasteiger partial charge in [-0.2, -0.15) is 31.4 Å². The van der Waals surface area contributed by atoms with E-state index >= 15 is 0 Å². The highest BCUT2D eigenvalue weighted by atomic mass is 79.9. The number of aryl methyl sites for hydroxylation is 2. The highest BCUT2D eigenvalue weighted by Crippen LogP contribution is 2.41. The summed E-state index contributed by atoms with van der Waals surface area (Å²) in [5.41, 5.74) is 5.97. The van der Waals surface area contributed by atoms with Crippen molar-refractivity contribution in [2.24, 2.45) is 18.7 Å². The lowest BCUT2D eigenvalue weighted by molar-refractivity contribution is -0.289. The van der Waals surface area contributed by atoms with Crippen molar-refractivity contribution in [3.63, 3.8) is 0 Å². The summed E-state index contributed by atoms with van der Waals surface area (Å²) >= 11 is 3.14. The van der Waals surface area contributed by atoms with Crippen molar-refractivity contribution >= 4 is 15.9 Å². The van der Waals surface area contributed by atoms with Gasteiger partial charge in [-0.15, -0.1) is 0 Å². The summed E-state index contributed by atoms with van der Waals surface area (Å²) in [6.45, 7) is 1.77. The Bertz CT molecular complexity index is 479. The van der Waals surface area contributed by atoms with E-state index in [9.17, 15) is 26.3 Å². The molecular formula is C11H14BrF6N3. The number of alkyl halides is 6. The number of halogens is 7. The molecule has 0 amide bonds. The third-order valence-electron chi connectivity index (χ3n) is 3.07. The number of aromatic nitrogens is 2. The highest BCUT2D eigenvalue weighted by Gasteiger charge is 2.59. The second kappa shape index (κ2) is 6.15. The minimum absolute atomic E-state index is 0.206. The van der Waals surface area contributed by atoms with E-state index in [1.54, 1.807) is 6.92 Å².